The molecule has 0 aromatic carbocycles. The lowest BCUT2D eigenvalue weighted by Gasteiger charge is -2.10. The summed E-state index contributed by atoms with van der Waals surface area (Å²) in [6.07, 6.45) is -0.212. The van der Waals surface area contributed by atoms with Gasteiger partial charge >= 0.3 is 0 Å². The highest BCUT2D eigenvalue weighted by Gasteiger charge is 2.10. The Morgan fingerprint density at radius 2 is 2.00 bits per heavy atom. The summed E-state index contributed by atoms with van der Waals surface area (Å²) in [5.74, 6) is 1.96. The molecule has 1 rings (SSSR count). The number of aromatic nitrogens is 3. The van der Waals surface area contributed by atoms with Crippen LogP contribution in [0.25, 0.3) is 0 Å². The molecule has 0 spiro atoms. The second-order valence-electron chi connectivity index (χ2n) is 3.37. The average Bonchev–Trinajstić information content (AvgIpc) is 2.68. The Morgan fingerprint density at radius 3 is 2.47 bits per heavy atom. The van der Waals surface area contributed by atoms with Gasteiger partial charge in [0.25, 0.3) is 0 Å². The maximum Gasteiger partial charge on any atom is 0.208 e. The van der Waals surface area contributed by atoms with Gasteiger partial charge < -0.3 is 9.47 Å². The molecular weight excluding hydrogens is 214 g/mol. The maximum atomic E-state index is 5.07. The SMILES string of the molecule is COC(CSc1n[nH]c(C(C)C)n1)OC. The van der Waals surface area contributed by atoms with Crippen LogP contribution in [0.2, 0.25) is 0 Å². The number of aromatic amines is 1. The summed E-state index contributed by atoms with van der Waals surface area (Å²) < 4.78 is 10.1. The van der Waals surface area contributed by atoms with Gasteiger partial charge in [-0.05, 0) is 0 Å². The molecule has 5 nitrogen and oxygen atoms in total. The molecule has 0 saturated heterocycles. The van der Waals surface area contributed by atoms with E-state index in [1.807, 2.05) is 0 Å². The van der Waals surface area contributed by atoms with Crippen molar-refractivity contribution in [1.82, 2.24) is 15.2 Å². The van der Waals surface area contributed by atoms with Crippen LogP contribution in [0.3, 0.4) is 0 Å². The summed E-state index contributed by atoms with van der Waals surface area (Å²) in [5, 5.41) is 7.73. The van der Waals surface area contributed by atoms with Gasteiger partial charge in [0.1, 0.15) is 5.82 Å². The standard InChI is InChI=1S/C9H17N3O2S/c1-6(2)8-10-9(12-11-8)15-5-7(13-3)14-4/h6-7H,5H2,1-4H3,(H,10,11,12). The number of H-pyrrole nitrogens is 1. The van der Waals surface area contributed by atoms with E-state index in [0.717, 1.165) is 11.0 Å². The lowest BCUT2D eigenvalue weighted by Crippen LogP contribution is -2.15. The number of hydrogen-bond donors (Lipinski definition) is 1. The van der Waals surface area contributed by atoms with Gasteiger partial charge in [-0.1, -0.05) is 25.6 Å². The molecule has 0 atom stereocenters. The van der Waals surface area contributed by atoms with E-state index in [0.29, 0.717) is 11.7 Å². The van der Waals surface area contributed by atoms with Gasteiger partial charge in [-0.3, -0.25) is 5.10 Å². The van der Waals surface area contributed by atoms with Crippen molar-refractivity contribution in [2.45, 2.75) is 31.2 Å². The predicted octanol–water partition coefficient (Wildman–Crippen LogP) is 1.64. The van der Waals surface area contributed by atoms with Crippen LogP contribution in [0.15, 0.2) is 5.16 Å². The normalized spacial score (nSPS) is 11.6. The van der Waals surface area contributed by atoms with E-state index < -0.39 is 0 Å². The van der Waals surface area contributed by atoms with E-state index in [1.54, 1.807) is 14.2 Å². The number of thioether (sulfide) groups is 1. The van der Waals surface area contributed by atoms with Crippen LogP contribution in [0.5, 0.6) is 0 Å². The molecule has 0 aliphatic carbocycles. The van der Waals surface area contributed by atoms with E-state index >= 15 is 0 Å². The zero-order chi connectivity index (χ0) is 11.3. The highest BCUT2D eigenvalue weighted by molar-refractivity contribution is 7.99. The average molecular weight is 231 g/mol. The molecule has 0 bridgehead atoms. The van der Waals surface area contributed by atoms with Crippen molar-refractivity contribution in [3.05, 3.63) is 5.82 Å². The van der Waals surface area contributed by atoms with E-state index in [4.69, 9.17) is 9.47 Å². The van der Waals surface area contributed by atoms with Crippen molar-refractivity contribution >= 4 is 11.8 Å². The third-order valence-electron chi connectivity index (χ3n) is 1.90. The van der Waals surface area contributed by atoms with Gasteiger partial charge in [-0.25, -0.2) is 4.98 Å². The summed E-state index contributed by atoms with van der Waals surface area (Å²) in [5.41, 5.74) is 0. The van der Waals surface area contributed by atoms with Gasteiger partial charge in [-0.2, -0.15) is 0 Å². The summed E-state index contributed by atoms with van der Waals surface area (Å²) in [6, 6.07) is 0. The Balaban J connectivity index is 2.43. The number of nitrogens with one attached hydrogen (secondary N) is 1. The van der Waals surface area contributed by atoms with Crippen LogP contribution in [0, 0.1) is 0 Å². The fraction of sp³-hybridized carbons (Fsp3) is 0.778. The minimum atomic E-state index is -0.212. The van der Waals surface area contributed by atoms with E-state index in [1.165, 1.54) is 11.8 Å². The third kappa shape index (κ3) is 3.81. The van der Waals surface area contributed by atoms with Gasteiger partial charge in [0.2, 0.25) is 5.16 Å². The van der Waals surface area contributed by atoms with E-state index in [9.17, 15) is 0 Å². The fourth-order valence-corrected chi connectivity index (χ4v) is 1.79. The second kappa shape index (κ2) is 6.09. The van der Waals surface area contributed by atoms with Crippen molar-refractivity contribution in [2.24, 2.45) is 0 Å². The highest BCUT2D eigenvalue weighted by atomic mass is 32.2. The van der Waals surface area contributed by atoms with Crippen LogP contribution in [-0.4, -0.2) is 41.4 Å². The van der Waals surface area contributed by atoms with Crippen molar-refractivity contribution in [3.63, 3.8) is 0 Å². The Hall–Kier alpha value is -0.590. The molecule has 0 aliphatic rings. The number of ether oxygens (including phenoxy) is 2. The topological polar surface area (TPSA) is 60.0 Å². The Bertz CT molecular complexity index is 287. The van der Waals surface area contributed by atoms with Gasteiger partial charge in [0.15, 0.2) is 6.29 Å². The molecule has 0 aliphatic heterocycles. The molecular formula is C9H17N3O2S. The summed E-state index contributed by atoms with van der Waals surface area (Å²) in [4.78, 5) is 4.34. The zero-order valence-electron chi connectivity index (χ0n) is 9.48. The van der Waals surface area contributed by atoms with Crippen LogP contribution in [0.1, 0.15) is 25.6 Å². The molecule has 0 saturated carbocycles. The Kier molecular flexibility index (Phi) is 5.07. The molecule has 0 radical (unpaired) electrons. The minimum Gasteiger partial charge on any atom is -0.355 e. The largest absolute Gasteiger partial charge is 0.355 e. The Morgan fingerprint density at radius 1 is 1.33 bits per heavy atom. The number of rotatable bonds is 6. The molecule has 15 heavy (non-hydrogen) atoms. The summed E-state index contributed by atoms with van der Waals surface area (Å²) >= 11 is 1.51. The molecule has 1 N–H and O–H groups in total. The van der Waals surface area contributed by atoms with Crippen LogP contribution in [-0.2, 0) is 9.47 Å². The molecule has 86 valence electrons. The first kappa shape index (κ1) is 12.5. The molecule has 1 aromatic heterocycles. The molecule has 6 heteroatoms. The quantitative estimate of drug-likeness (QED) is 0.595. The first-order valence-electron chi connectivity index (χ1n) is 4.78. The summed E-state index contributed by atoms with van der Waals surface area (Å²) in [7, 11) is 3.23. The molecule has 0 fully saturated rings. The van der Waals surface area contributed by atoms with E-state index in [2.05, 4.69) is 29.0 Å². The molecule has 1 aromatic rings. The lowest BCUT2D eigenvalue weighted by molar-refractivity contribution is -0.0842. The number of nitrogens with zero attached hydrogens (tertiary/aromatic N) is 2. The first-order chi connectivity index (χ1) is 7.17. The third-order valence-corrected chi connectivity index (χ3v) is 2.78. The van der Waals surface area contributed by atoms with Crippen molar-refractivity contribution in [2.75, 3.05) is 20.0 Å². The monoisotopic (exact) mass is 231 g/mol. The highest BCUT2D eigenvalue weighted by Crippen LogP contribution is 2.17. The predicted molar refractivity (Wildman–Crippen MR) is 59.0 cm³/mol. The molecule has 1 heterocycles. The minimum absolute atomic E-state index is 0.212. The Labute approximate surface area is 94.0 Å². The summed E-state index contributed by atoms with van der Waals surface area (Å²) in [6.45, 7) is 4.14. The van der Waals surface area contributed by atoms with E-state index in [-0.39, 0.29) is 6.29 Å². The maximum absolute atomic E-state index is 5.07. The van der Waals surface area contributed by atoms with Gasteiger partial charge in [-0.15, -0.1) is 5.10 Å². The van der Waals surface area contributed by atoms with Crippen LogP contribution < -0.4 is 0 Å². The molecule has 0 unspecified atom stereocenters. The van der Waals surface area contributed by atoms with Gasteiger partial charge in [0, 0.05) is 20.1 Å². The van der Waals surface area contributed by atoms with Crippen molar-refractivity contribution in [1.29, 1.82) is 0 Å². The van der Waals surface area contributed by atoms with Crippen molar-refractivity contribution in [3.8, 4) is 0 Å². The van der Waals surface area contributed by atoms with Gasteiger partial charge in [0.05, 0.1) is 5.75 Å². The van der Waals surface area contributed by atoms with Crippen LogP contribution >= 0.6 is 11.8 Å². The first-order valence-corrected chi connectivity index (χ1v) is 5.76. The fourth-order valence-electron chi connectivity index (χ4n) is 0.956. The second-order valence-corrected chi connectivity index (χ2v) is 4.36. The van der Waals surface area contributed by atoms with Crippen LogP contribution in [0.4, 0.5) is 0 Å². The smallest absolute Gasteiger partial charge is 0.208 e. The number of hydrogen-bond acceptors (Lipinski definition) is 5. The molecule has 0 amide bonds. The zero-order valence-corrected chi connectivity index (χ0v) is 10.3. The number of methoxy groups -OCH3 is 2. The van der Waals surface area contributed by atoms with Crippen molar-refractivity contribution < 1.29 is 9.47 Å². The lowest BCUT2D eigenvalue weighted by atomic mass is 10.2.